The molecule has 26 heavy (non-hydrogen) atoms. The van der Waals surface area contributed by atoms with Gasteiger partial charge in [0.2, 0.25) is 0 Å². The topological polar surface area (TPSA) is 66.9 Å². The van der Waals surface area contributed by atoms with Crippen LogP contribution in [0.4, 0.5) is 15.9 Å². The summed E-state index contributed by atoms with van der Waals surface area (Å²) in [5.41, 5.74) is 1.56. The van der Waals surface area contributed by atoms with E-state index in [1.165, 1.54) is 18.5 Å². The Labute approximate surface area is 155 Å². The van der Waals surface area contributed by atoms with Crippen LogP contribution in [0, 0.1) is 5.82 Å². The molecular formula is C19H16ClFN4O. The van der Waals surface area contributed by atoms with Crippen molar-refractivity contribution in [1.82, 2.24) is 15.3 Å². The molecule has 0 aliphatic heterocycles. The highest BCUT2D eigenvalue weighted by molar-refractivity contribution is 6.30. The molecule has 1 amide bonds. The molecule has 3 rings (SSSR count). The normalized spacial score (nSPS) is 10.4. The van der Waals surface area contributed by atoms with E-state index in [-0.39, 0.29) is 11.6 Å². The molecule has 5 nitrogen and oxygen atoms in total. The molecule has 0 aliphatic rings. The predicted octanol–water partition coefficient (Wildman–Crippen LogP) is 3.99. The second kappa shape index (κ2) is 8.40. The summed E-state index contributed by atoms with van der Waals surface area (Å²) in [6.45, 7) is 0.470. The van der Waals surface area contributed by atoms with E-state index >= 15 is 0 Å². The first-order chi connectivity index (χ1) is 12.6. The molecular weight excluding hydrogens is 355 g/mol. The van der Waals surface area contributed by atoms with Gasteiger partial charge in [-0.25, -0.2) is 14.4 Å². The summed E-state index contributed by atoms with van der Waals surface area (Å²) in [7, 11) is 0. The lowest BCUT2D eigenvalue weighted by Gasteiger charge is -2.07. The zero-order valence-electron chi connectivity index (χ0n) is 13.7. The molecule has 0 spiro atoms. The van der Waals surface area contributed by atoms with Crippen molar-refractivity contribution in [3.63, 3.8) is 0 Å². The maximum absolute atomic E-state index is 13.6. The number of anilines is 2. The van der Waals surface area contributed by atoms with Crippen LogP contribution in [0.5, 0.6) is 0 Å². The van der Waals surface area contributed by atoms with E-state index in [9.17, 15) is 9.18 Å². The van der Waals surface area contributed by atoms with Gasteiger partial charge in [0.25, 0.3) is 5.91 Å². The van der Waals surface area contributed by atoms with E-state index in [0.717, 1.165) is 5.56 Å². The van der Waals surface area contributed by atoms with Crippen molar-refractivity contribution in [3.8, 4) is 0 Å². The number of amides is 1. The van der Waals surface area contributed by atoms with Gasteiger partial charge in [-0.2, -0.15) is 0 Å². The molecule has 0 atom stereocenters. The van der Waals surface area contributed by atoms with Gasteiger partial charge in [-0.1, -0.05) is 35.9 Å². The van der Waals surface area contributed by atoms with Gasteiger partial charge in [-0.15, -0.1) is 0 Å². The lowest BCUT2D eigenvalue weighted by atomic mass is 10.1. The van der Waals surface area contributed by atoms with Crippen LogP contribution in [0.15, 0.2) is 60.9 Å². The number of carbonyl (C=O) groups is 1. The van der Waals surface area contributed by atoms with E-state index in [0.29, 0.717) is 29.5 Å². The number of aromatic nitrogens is 2. The summed E-state index contributed by atoms with van der Waals surface area (Å²) in [4.78, 5) is 20.3. The molecule has 3 aromatic rings. The van der Waals surface area contributed by atoms with Gasteiger partial charge in [-0.05, 0) is 36.2 Å². The Morgan fingerprint density at radius 3 is 2.50 bits per heavy atom. The van der Waals surface area contributed by atoms with E-state index in [1.807, 2.05) is 24.3 Å². The molecule has 1 aromatic heterocycles. The lowest BCUT2D eigenvalue weighted by Crippen LogP contribution is -2.26. The monoisotopic (exact) mass is 370 g/mol. The molecule has 1 heterocycles. The Kier molecular flexibility index (Phi) is 5.76. The van der Waals surface area contributed by atoms with Gasteiger partial charge >= 0.3 is 0 Å². The van der Waals surface area contributed by atoms with E-state index in [2.05, 4.69) is 20.6 Å². The van der Waals surface area contributed by atoms with Crippen LogP contribution < -0.4 is 10.6 Å². The summed E-state index contributed by atoms with van der Waals surface area (Å²) in [6, 6.07) is 13.7. The highest BCUT2D eigenvalue weighted by atomic mass is 35.5. The van der Waals surface area contributed by atoms with Crippen molar-refractivity contribution in [3.05, 3.63) is 83.0 Å². The highest BCUT2D eigenvalue weighted by Crippen LogP contribution is 2.17. The van der Waals surface area contributed by atoms with Crippen molar-refractivity contribution in [1.29, 1.82) is 0 Å². The van der Waals surface area contributed by atoms with Crippen LogP contribution in [0.1, 0.15) is 16.1 Å². The number of hydrogen-bond acceptors (Lipinski definition) is 4. The number of carbonyl (C=O) groups excluding carboxylic acids is 1. The Morgan fingerprint density at radius 2 is 1.81 bits per heavy atom. The molecule has 0 unspecified atom stereocenters. The second-order valence-electron chi connectivity index (χ2n) is 5.52. The molecule has 132 valence electrons. The quantitative estimate of drug-likeness (QED) is 0.688. The molecule has 0 fully saturated rings. The third kappa shape index (κ3) is 4.77. The predicted molar refractivity (Wildman–Crippen MR) is 99.2 cm³/mol. The second-order valence-corrected chi connectivity index (χ2v) is 5.96. The molecule has 0 radical (unpaired) electrons. The minimum absolute atomic E-state index is 0.195. The molecule has 0 aliphatic carbocycles. The van der Waals surface area contributed by atoms with Crippen molar-refractivity contribution < 1.29 is 9.18 Å². The van der Waals surface area contributed by atoms with Crippen molar-refractivity contribution in [2.24, 2.45) is 0 Å². The number of halogens is 2. The third-order valence-corrected chi connectivity index (χ3v) is 3.89. The molecule has 2 N–H and O–H groups in total. The SMILES string of the molecule is O=C(NCCc1ccc(Cl)cc1)c1cnc(Nc2ccccc2F)cn1. The Balaban J connectivity index is 1.53. The van der Waals surface area contributed by atoms with Gasteiger partial charge in [0.05, 0.1) is 18.1 Å². The largest absolute Gasteiger partial charge is 0.350 e. The van der Waals surface area contributed by atoms with Crippen LogP contribution in [0.2, 0.25) is 5.02 Å². The number of benzene rings is 2. The molecule has 2 aromatic carbocycles. The number of para-hydroxylation sites is 1. The van der Waals surface area contributed by atoms with E-state index in [1.54, 1.807) is 18.2 Å². The summed E-state index contributed by atoms with van der Waals surface area (Å²) >= 11 is 5.84. The maximum Gasteiger partial charge on any atom is 0.271 e. The fourth-order valence-corrected chi connectivity index (χ4v) is 2.40. The summed E-state index contributed by atoms with van der Waals surface area (Å²) in [5.74, 6) is -0.352. The van der Waals surface area contributed by atoms with Crippen LogP contribution in [0.3, 0.4) is 0 Å². The Morgan fingerprint density at radius 1 is 1.04 bits per heavy atom. The lowest BCUT2D eigenvalue weighted by molar-refractivity contribution is 0.0949. The van der Waals surface area contributed by atoms with Crippen LogP contribution >= 0.6 is 11.6 Å². The number of nitrogens with zero attached hydrogens (tertiary/aromatic N) is 2. The molecule has 0 bridgehead atoms. The smallest absolute Gasteiger partial charge is 0.271 e. The summed E-state index contributed by atoms with van der Waals surface area (Å²) in [6.07, 6.45) is 3.42. The Bertz CT molecular complexity index is 885. The van der Waals surface area contributed by atoms with Crippen molar-refractivity contribution in [2.75, 3.05) is 11.9 Å². The standard InChI is InChI=1S/C19H16ClFN4O/c20-14-7-5-13(6-8-14)9-10-22-19(26)17-11-24-18(12-23-17)25-16-4-2-1-3-15(16)21/h1-8,11-12H,9-10H2,(H,22,26)(H,24,25). The van der Waals surface area contributed by atoms with Gasteiger partial charge in [-0.3, -0.25) is 4.79 Å². The van der Waals surface area contributed by atoms with Crippen LogP contribution in [-0.4, -0.2) is 22.4 Å². The first-order valence-electron chi connectivity index (χ1n) is 7.98. The average molecular weight is 371 g/mol. The minimum Gasteiger partial charge on any atom is -0.350 e. The first kappa shape index (κ1) is 17.8. The molecule has 7 heteroatoms. The zero-order chi connectivity index (χ0) is 18.4. The first-order valence-corrected chi connectivity index (χ1v) is 8.36. The zero-order valence-corrected chi connectivity index (χ0v) is 14.5. The molecule has 0 saturated heterocycles. The van der Waals surface area contributed by atoms with E-state index in [4.69, 9.17) is 11.6 Å². The van der Waals surface area contributed by atoms with Crippen molar-refractivity contribution in [2.45, 2.75) is 6.42 Å². The molecule has 0 saturated carbocycles. The number of nitrogens with one attached hydrogen (secondary N) is 2. The number of rotatable bonds is 6. The van der Waals surface area contributed by atoms with Gasteiger partial charge in [0, 0.05) is 11.6 Å². The van der Waals surface area contributed by atoms with E-state index < -0.39 is 5.82 Å². The maximum atomic E-state index is 13.6. The van der Waals surface area contributed by atoms with Gasteiger partial charge in [0.15, 0.2) is 0 Å². The fourth-order valence-electron chi connectivity index (χ4n) is 2.27. The van der Waals surface area contributed by atoms with Gasteiger partial charge < -0.3 is 10.6 Å². The summed E-state index contributed by atoms with van der Waals surface area (Å²) in [5, 5.41) is 6.28. The third-order valence-electron chi connectivity index (χ3n) is 3.63. The van der Waals surface area contributed by atoms with Gasteiger partial charge in [0.1, 0.15) is 17.3 Å². The Hall–Kier alpha value is -2.99. The summed E-state index contributed by atoms with van der Waals surface area (Å²) < 4.78 is 13.6. The van der Waals surface area contributed by atoms with Crippen molar-refractivity contribution >= 4 is 29.0 Å². The highest BCUT2D eigenvalue weighted by Gasteiger charge is 2.08. The average Bonchev–Trinajstić information content (AvgIpc) is 2.66. The van der Waals surface area contributed by atoms with Crippen LogP contribution in [-0.2, 0) is 6.42 Å². The fraction of sp³-hybridized carbons (Fsp3) is 0.105. The van der Waals surface area contributed by atoms with Crippen LogP contribution in [0.25, 0.3) is 0 Å². The number of hydrogen-bond donors (Lipinski definition) is 2. The minimum atomic E-state index is -0.390.